The Hall–Kier alpha value is -2.68. The van der Waals surface area contributed by atoms with Crippen LogP contribution in [0.5, 0.6) is 0 Å². The quantitative estimate of drug-likeness (QED) is 0.702. The van der Waals surface area contributed by atoms with Gasteiger partial charge in [-0.3, -0.25) is 4.79 Å². The van der Waals surface area contributed by atoms with Gasteiger partial charge in [-0.2, -0.15) is 0 Å². The van der Waals surface area contributed by atoms with Gasteiger partial charge in [0.2, 0.25) is 5.91 Å². The highest BCUT2D eigenvalue weighted by Gasteiger charge is 2.22. The third-order valence-corrected chi connectivity index (χ3v) is 4.57. The van der Waals surface area contributed by atoms with Crippen LogP contribution in [0.3, 0.4) is 0 Å². The minimum Gasteiger partial charge on any atom is -0.461 e. The predicted molar refractivity (Wildman–Crippen MR) is 89.0 cm³/mol. The average molecular weight is 364 g/mol. The molecule has 1 atom stereocenters. The minimum atomic E-state index is -0.829. The van der Waals surface area contributed by atoms with Crippen LogP contribution in [0.15, 0.2) is 46.2 Å². The van der Waals surface area contributed by atoms with Crippen molar-refractivity contribution in [2.45, 2.75) is 17.3 Å². The van der Waals surface area contributed by atoms with E-state index in [1.165, 1.54) is 12.3 Å². The van der Waals surface area contributed by atoms with Crippen molar-refractivity contribution in [2.24, 2.45) is 7.05 Å². The number of aromatic nitrogens is 3. The molecular formula is C16H14F2N4O2S. The molecule has 0 saturated carbocycles. The highest BCUT2D eigenvalue weighted by Crippen LogP contribution is 2.27. The third-order valence-electron chi connectivity index (χ3n) is 3.44. The lowest BCUT2D eigenvalue weighted by Crippen LogP contribution is -2.24. The van der Waals surface area contributed by atoms with E-state index in [9.17, 15) is 13.6 Å². The summed E-state index contributed by atoms with van der Waals surface area (Å²) >= 11 is 1.12. The number of anilines is 1. The first kappa shape index (κ1) is 17.2. The van der Waals surface area contributed by atoms with E-state index in [4.69, 9.17) is 4.42 Å². The summed E-state index contributed by atoms with van der Waals surface area (Å²) in [6, 6.07) is 6.86. The zero-order valence-electron chi connectivity index (χ0n) is 13.4. The van der Waals surface area contributed by atoms with Gasteiger partial charge in [-0.1, -0.05) is 17.8 Å². The largest absolute Gasteiger partial charge is 0.461 e. The summed E-state index contributed by atoms with van der Waals surface area (Å²) in [7, 11) is 1.74. The molecule has 0 fully saturated rings. The Morgan fingerprint density at radius 2 is 1.96 bits per heavy atom. The first-order valence-electron chi connectivity index (χ1n) is 7.32. The normalized spacial score (nSPS) is 12.2. The number of carbonyl (C=O) groups excluding carboxylic acids is 1. The number of furan rings is 1. The van der Waals surface area contributed by atoms with Crippen molar-refractivity contribution in [1.29, 1.82) is 0 Å². The standard InChI is InChI=1S/C16H14F2N4O2S/c1-9(15(23)19-13-10(17)5-3-6-11(13)18)25-16-21-20-14(22(16)2)12-7-4-8-24-12/h3-9H,1-2H3,(H,19,23)/t9-/m0/s1. The number of hydrogen-bond acceptors (Lipinski definition) is 5. The number of carbonyl (C=O) groups is 1. The Kier molecular flexibility index (Phi) is 4.84. The molecule has 9 heteroatoms. The number of nitrogens with one attached hydrogen (secondary N) is 1. The maximum atomic E-state index is 13.6. The van der Waals surface area contributed by atoms with E-state index in [1.54, 1.807) is 30.7 Å². The topological polar surface area (TPSA) is 73.0 Å². The molecule has 6 nitrogen and oxygen atoms in total. The Labute approximate surface area is 146 Å². The molecule has 2 heterocycles. The molecular weight excluding hydrogens is 350 g/mol. The van der Waals surface area contributed by atoms with Crippen LogP contribution in [0.2, 0.25) is 0 Å². The lowest BCUT2D eigenvalue weighted by atomic mass is 10.3. The van der Waals surface area contributed by atoms with E-state index in [0.717, 1.165) is 23.9 Å². The zero-order valence-corrected chi connectivity index (χ0v) is 14.2. The molecule has 3 rings (SSSR count). The number of hydrogen-bond donors (Lipinski definition) is 1. The molecule has 0 saturated heterocycles. The fourth-order valence-corrected chi connectivity index (χ4v) is 2.91. The van der Waals surface area contributed by atoms with Gasteiger partial charge in [0.25, 0.3) is 0 Å². The van der Waals surface area contributed by atoms with Crippen LogP contribution in [0.25, 0.3) is 11.6 Å². The van der Waals surface area contributed by atoms with Crippen molar-refractivity contribution in [3.8, 4) is 11.6 Å². The number of thioether (sulfide) groups is 1. The van der Waals surface area contributed by atoms with Crippen molar-refractivity contribution in [3.05, 3.63) is 48.2 Å². The number of benzene rings is 1. The van der Waals surface area contributed by atoms with Crippen LogP contribution < -0.4 is 5.32 Å². The molecule has 1 N–H and O–H groups in total. The summed E-state index contributed by atoms with van der Waals surface area (Å²) < 4.78 is 34.2. The highest BCUT2D eigenvalue weighted by molar-refractivity contribution is 8.00. The molecule has 2 aromatic heterocycles. The molecule has 1 amide bonds. The molecule has 0 aliphatic carbocycles. The number of rotatable bonds is 5. The molecule has 25 heavy (non-hydrogen) atoms. The third kappa shape index (κ3) is 3.55. The SMILES string of the molecule is C[C@H](Sc1nnc(-c2ccco2)n1C)C(=O)Nc1c(F)cccc1F. The van der Waals surface area contributed by atoms with Crippen molar-refractivity contribution in [2.75, 3.05) is 5.32 Å². The molecule has 0 spiro atoms. The van der Waals surface area contributed by atoms with Crippen LogP contribution in [0.4, 0.5) is 14.5 Å². The van der Waals surface area contributed by atoms with Gasteiger partial charge in [-0.25, -0.2) is 8.78 Å². The van der Waals surface area contributed by atoms with Crippen LogP contribution in [-0.2, 0) is 11.8 Å². The molecule has 0 aliphatic rings. The van der Waals surface area contributed by atoms with Crippen molar-refractivity contribution in [1.82, 2.24) is 14.8 Å². The Bertz CT molecular complexity index is 875. The first-order valence-corrected chi connectivity index (χ1v) is 8.20. The van der Waals surface area contributed by atoms with Crippen LogP contribution in [0, 0.1) is 11.6 Å². The second-order valence-electron chi connectivity index (χ2n) is 5.19. The molecule has 1 aromatic carbocycles. The fraction of sp³-hybridized carbons (Fsp3) is 0.188. The Morgan fingerprint density at radius 3 is 2.60 bits per heavy atom. The van der Waals surface area contributed by atoms with Gasteiger partial charge in [0, 0.05) is 7.05 Å². The number of para-hydroxylation sites is 1. The number of amides is 1. The van der Waals surface area contributed by atoms with E-state index in [0.29, 0.717) is 16.7 Å². The van der Waals surface area contributed by atoms with Crippen LogP contribution >= 0.6 is 11.8 Å². The van der Waals surface area contributed by atoms with Gasteiger partial charge in [0.05, 0.1) is 11.5 Å². The van der Waals surface area contributed by atoms with Gasteiger partial charge in [0.1, 0.15) is 17.3 Å². The summed E-state index contributed by atoms with van der Waals surface area (Å²) in [5, 5.41) is 10.1. The lowest BCUT2D eigenvalue weighted by molar-refractivity contribution is -0.115. The van der Waals surface area contributed by atoms with E-state index >= 15 is 0 Å². The molecule has 0 aliphatic heterocycles. The molecule has 0 unspecified atom stereocenters. The smallest absolute Gasteiger partial charge is 0.237 e. The minimum absolute atomic E-state index is 0.464. The Morgan fingerprint density at radius 1 is 1.24 bits per heavy atom. The fourth-order valence-electron chi connectivity index (χ4n) is 2.09. The summed E-state index contributed by atoms with van der Waals surface area (Å²) in [6.45, 7) is 1.61. The summed E-state index contributed by atoms with van der Waals surface area (Å²) in [4.78, 5) is 12.2. The second kappa shape index (κ2) is 7.06. The van der Waals surface area contributed by atoms with Gasteiger partial charge in [-0.05, 0) is 31.2 Å². The van der Waals surface area contributed by atoms with Crippen molar-refractivity contribution < 1.29 is 18.0 Å². The molecule has 3 aromatic rings. The van der Waals surface area contributed by atoms with Gasteiger partial charge >= 0.3 is 0 Å². The van der Waals surface area contributed by atoms with Crippen molar-refractivity contribution >= 4 is 23.4 Å². The van der Waals surface area contributed by atoms with Gasteiger partial charge in [-0.15, -0.1) is 10.2 Å². The zero-order chi connectivity index (χ0) is 18.0. The van der Waals surface area contributed by atoms with Crippen molar-refractivity contribution in [3.63, 3.8) is 0 Å². The summed E-state index contributed by atoms with van der Waals surface area (Å²) in [5.74, 6) is -1.14. The highest BCUT2D eigenvalue weighted by atomic mass is 32.2. The number of halogens is 2. The van der Waals surface area contributed by atoms with Gasteiger partial charge in [0.15, 0.2) is 16.7 Å². The monoisotopic (exact) mass is 364 g/mol. The van der Waals surface area contributed by atoms with Crippen LogP contribution in [0.1, 0.15) is 6.92 Å². The first-order chi connectivity index (χ1) is 12.0. The molecule has 130 valence electrons. The summed E-state index contributed by atoms with van der Waals surface area (Å²) in [5.41, 5.74) is -0.464. The summed E-state index contributed by atoms with van der Waals surface area (Å²) in [6.07, 6.45) is 1.52. The predicted octanol–water partition coefficient (Wildman–Crippen LogP) is 3.47. The van der Waals surface area contributed by atoms with Gasteiger partial charge < -0.3 is 14.3 Å². The Balaban J connectivity index is 1.72. The second-order valence-corrected chi connectivity index (χ2v) is 6.50. The van der Waals surface area contributed by atoms with Crippen LogP contribution in [-0.4, -0.2) is 25.9 Å². The van der Waals surface area contributed by atoms with E-state index < -0.39 is 28.5 Å². The molecule has 0 bridgehead atoms. The van der Waals surface area contributed by atoms with E-state index in [1.807, 2.05) is 0 Å². The maximum Gasteiger partial charge on any atom is 0.237 e. The average Bonchev–Trinajstić information content (AvgIpc) is 3.21. The molecule has 0 radical (unpaired) electrons. The van der Waals surface area contributed by atoms with E-state index in [-0.39, 0.29) is 0 Å². The number of nitrogens with zero attached hydrogens (tertiary/aromatic N) is 3. The maximum absolute atomic E-state index is 13.6. The lowest BCUT2D eigenvalue weighted by Gasteiger charge is -2.12. The van der Waals surface area contributed by atoms with E-state index in [2.05, 4.69) is 15.5 Å².